The molecule has 0 saturated heterocycles. The lowest BCUT2D eigenvalue weighted by molar-refractivity contribution is 0.838. The van der Waals surface area contributed by atoms with Gasteiger partial charge in [0.2, 0.25) is 0 Å². The van der Waals surface area contributed by atoms with Crippen molar-refractivity contribution < 1.29 is 0 Å². The number of hydrogen-bond donors (Lipinski definition) is 1. The average Bonchev–Trinajstić information content (AvgIpc) is 3.20. The van der Waals surface area contributed by atoms with Crippen molar-refractivity contribution in [2.75, 3.05) is 0 Å². The summed E-state index contributed by atoms with van der Waals surface area (Å²) in [4.78, 5) is 17.4. The smallest absolute Gasteiger partial charge is 0.276 e. The van der Waals surface area contributed by atoms with Crippen LogP contribution in [0.25, 0.3) is 5.65 Å². The fourth-order valence-corrected chi connectivity index (χ4v) is 2.94. The third-order valence-electron chi connectivity index (χ3n) is 3.90. The molecule has 3 aromatic rings. The molecule has 0 aliphatic heterocycles. The summed E-state index contributed by atoms with van der Waals surface area (Å²) >= 11 is 6.04. The van der Waals surface area contributed by atoms with Gasteiger partial charge in [-0.2, -0.15) is 0 Å². The van der Waals surface area contributed by atoms with Crippen molar-refractivity contribution in [3.63, 3.8) is 0 Å². The molecule has 1 aromatic carbocycles. The zero-order chi connectivity index (χ0) is 14.4. The molecule has 2 aromatic heterocycles. The summed E-state index contributed by atoms with van der Waals surface area (Å²) in [6.45, 7) is 0. The Morgan fingerprint density at radius 1 is 1.33 bits per heavy atom. The number of benzene rings is 1. The average molecular weight is 300 g/mol. The van der Waals surface area contributed by atoms with E-state index >= 15 is 0 Å². The third kappa shape index (κ3) is 2.25. The summed E-state index contributed by atoms with van der Waals surface area (Å²) in [6.07, 6.45) is 4.55. The van der Waals surface area contributed by atoms with Gasteiger partial charge >= 0.3 is 0 Å². The number of rotatable bonds is 3. The molecule has 0 unspecified atom stereocenters. The van der Waals surface area contributed by atoms with Gasteiger partial charge < -0.3 is 0 Å². The Bertz CT molecular complexity index is 877. The van der Waals surface area contributed by atoms with Crippen LogP contribution in [0.1, 0.15) is 35.6 Å². The van der Waals surface area contributed by atoms with E-state index < -0.39 is 0 Å². The fourth-order valence-electron chi connectivity index (χ4n) is 2.72. The summed E-state index contributed by atoms with van der Waals surface area (Å²) in [7, 11) is 0. The van der Waals surface area contributed by atoms with Crippen LogP contribution in [-0.4, -0.2) is 14.6 Å². The van der Waals surface area contributed by atoms with E-state index in [1.807, 2.05) is 30.3 Å². The molecule has 4 nitrogen and oxygen atoms in total. The third-order valence-corrected chi connectivity index (χ3v) is 4.14. The Hall–Kier alpha value is -2.07. The van der Waals surface area contributed by atoms with E-state index in [4.69, 9.17) is 11.6 Å². The van der Waals surface area contributed by atoms with Crippen molar-refractivity contribution in [1.29, 1.82) is 0 Å². The highest BCUT2D eigenvalue weighted by Gasteiger charge is 2.29. The van der Waals surface area contributed by atoms with Gasteiger partial charge in [-0.3, -0.25) is 9.89 Å². The van der Waals surface area contributed by atoms with Gasteiger partial charge in [0, 0.05) is 35.2 Å². The van der Waals surface area contributed by atoms with E-state index in [0.29, 0.717) is 23.0 Å². The standard InChI is InChI=1S/C16H14ClN3O/c17-12-3-1-2-10(8-12)9-13-15(11-4-5-11)19-14-6-7-18-20(14)16(13)21/h1-3,6-8,11,18H,4-5,9H2. The van der Waals surface area contributed by atoms with Crippen LogP contribution in [0.15, 0.2) is 41.3 Å². The number of hydrogen-bond acceptors (Lipinski definition) is 2. The van der Waals surface area contributed by atoms with Crippen LogP contribution in [-0.2, 0) is 6.42 Å². The van der Waals surface area contributed by atoms with Crippen molar-refractivity contribution >= 4 is 17.2 Å². The first-order chi connectivity index (χ1) is 10.2. The highest BCUT2D eigenvalue weighted by molar-refractivity contribution is 6.30. The summed E-state index contributed by atoms with van der Waals surface area (Å²) in [5, 5.41) is 3.62. The molecule has 0 radical (unpaired) electrons. The molecular formula is C16H14ClN3O. The first kappa shape index (κ1) is 12.7. The number of nitrogens with one attached hydrogen (secondary N) is 1. The van der Waals surface area contributed by atoms with E-state index in [-0.39, 0.29) is 5.56 Å². The summed E-state index contributed by atoms with van der Waals surface area (Å²) in [6, 6.07) is 9.47. The minimum atomic E-state index is -0.00752. The summed E-state index contributed by atoms with van der Waals surface area (Å²) in [5.41, 5.74) is 3.46. The number of H-pyrrole nitrogens is 1. The molecular weight excluding hydrogens is 286 g/mol. The van der Waals surface area contributed by atoms with Crippen molar-refractivity contribution in [2.45, 2.75) is 25.2 Å². The van der Waals surface area contributed by atoms with Gasteiger partial charge in [0.25, 0.3) is 5.56 Å². The number of fused-ring (bicyclic) bond motifs is 1. The first-order valence-electron chi connectivity index (χ1n) is 7.06. The maximum absolute atomic E-state index is 12.7. The zero-order valence-electron chi connectivity index (χ0n) is 11.3. The Kier molecular flexibility index (Phi) is 2.86. The van der Waals surface area contributed by atoms with Crippen LogP contribution in [0.3, 0.4) is 0 Å². The minimum Gasteiger partial charge on any atom is -0.297 e. The quantitative estimate of drug-likeness (QED) is 0.808. The van der Waals surface area contributed by atoms with Gasteiger partial charge in [-0.05, 0) is 30.5 Å². The first-order valence-corrected chi connectivity index (χ1v) is 7.43. The highest BCUT2D eigenvalue weighted by atomic mass is 35.5. The maximum atomic E-state index is 12.7. The van der Waals surface area contributed by atoms with Crippen molar-refractivity contribution in [2.24, 2.45) is 0 Å². The second-order valence-corrected chi connectivity index (χ2v) is 5.95. The summed E-state index contributed by atoms with van der Waals surface area (Å²) < 4.78 is 1.51. The van der Waals surface area contributed by atoms with E-state index in [1.54, 1.807) is 6.20 Å². The van der Waals surface area contributed by atoms with E-state index in [0.717, 1.165) is 29.7 Å². The second-order valence-electron chi connectivity index (χ2n) is 5.52. The molecule has 0 amide bonds. The second kappa shape index (κ2) is 4.74. The molecule has 0 atom stereocenters. The number of nitrogens with zero attached hydrogens (tertiary/aromatic N) is 2. The molecule has 1 aliphatic rings. The number of halogens is 1. The Balaban J connectivity index is 1.88. The van der Waals surface area contributed by atoms with E-state index in [2.05, 4.69) is 10.1 Å². The molecule has 1 N–H and O–H groups in total. The van der Waals surface area contributed by atoms with Crippen molar-refractivity contribution in [3.8, 4) is 0 Å². The monoisotopic (exact) mass is 299 g/mol. The molecule has 0 spiro atoms. The topological polar surface area (TPSA) is 50.2 Å². The van der Waals surface area contributed by atoms with Gasteiger partial charge in [0.05, 0.1) is 5.69 Å². The summed E-state index contributed by atoms with van der Waals surface area (Å²) in [5.74, 6) is 0.437. The molecule has 1 fully saturated rings. The lowest BCUT2D eigenvalue weighted by atomic mass is 10.0. The Labute approximate surface area is 126 Å². The van der Waals surface area contributed by atoms with Crippen LogP contribution >= 0.6 is 11.6 Å². The van der Waals surface area contributed by atoms with Gasteiger partial charge in [0.1, 0.15) is 0 Å². The lowest BCUT2D eigenvalue weighted by Gasteiger charge is -2.08. The molecule has 21 heavy (non-hydrogen) atoms. The molecule has 1 aliphatic carbocycles. The van der Waals surface area contributed by atoms with Crippen LogP contribution in [0.5, 0.6) is 0 Å². The van der Waals surface area contributed by atoms with Gasteiger partial charge in [0.15, 0.2) is 5.65 Å². The lowest BCUT2D eigenvalue weighted by Crippen LogP contribution is -2.22. The molecule has 4 rings (SSSR count). The molecule has 0 bridgehead atoms. The van der Waals surface area contributed by atoms with Gasteiger partial charge in [-0.15, -0.1) is 0 Å². The normalized spacial score (nSPS) is 14.7. The highest BCUT2D eigenvalue weighted by Crippen LogP contribution is 2.40. The number of aromatic nitrogens is 3. The molecule has 2 heterocycles. The van der Waals surface area contributed by atoms with Crippen molar-refractivity contribution in [3.05, 3.63) is 68.7 Å². The number of aromatic amines is 1. The maximum Gasteiger partial charge on any atom is 0.276 e. The predicted octanol–water partition coefficient (Wildman–Crippen LogP) is 3.14. The predicted molar refractivity (Wildman–Crippen MR) is 82.0 cm³/mol. The minimum absolute atomic E-state index is 0.00752. The van der Waals surface area contributed by atoms with Gasteiger partial charge in [-0.25, -0.2) is 9.50 Å². The SMILES string of the molecule is O=c1c(Cc2cccc(Cl)c2)c(C2CC2)nc2cc[nH]n12. The Morgan fingerprint density at radius 2 is 2.19 bits per heavy atom. The zero-order valence-corrected chi connectivity index (χ0v) is 12.1. The molecule has 1 saturated carbocycles. The van der Waals surface area contributed by atoms with Crippen LogP contribution in [0.4, 0.5) is 0 Å². The van der Waals surface area contributed by atoms with Crippen molar-refractivity contribution in [1.82, 2.24) is 14.6 Å². The van der Waals surface area contributed by atoms with Crippen LogP contribution in [0.2, 0.25) is 5.02 Å². The molecule has 106 valence electrons. The Morgan fingerprint density at radius 3 is 2.95 bits per heavy atom. The van der Waals surface area contributed by atoms with Crippen LogP contribution < -0.4 is 5.56 Å². The fraction of sp³-hybridized carbons (Fsp3) is 0.250. The van der Waals surface area contributed by atoms with E-state index in [1.165, 1.54) is 4.52 Å². The van der Waals surface area contributed by atoms with Crippen LogP contribution in [0, 0.1) is 0 Å². The molecule has 5 heteroatoms. The van der Waals surface area contributed by atoms with Gasteiger partial charge in [-0.1, -0.05) is 23.7 Å². The van der Waals surface area contributed by atoms with E-state index in [9.17, 15) is 4.79 Å². The largest absolute Gasteiger partial charge is 0.297 e.